The summed E-state index contributed by atoms with van der Waals surface area (Å²) in [4.78, 5) is 0. The number of hydrogen-bond donors (Lipinski definition) is 0. The fraction of sp³-hybridized carbons (Fsp3) is 0.571. The monoisotopic (exact) mass is 179 g/mol. The maximum Gasteiger partial charge on any atom is 0.436 e. The van der Waals surface area contributed by atoms with Gasteiger partial charge in [-0.1, -0.05) is 12.1 Å². The summed E-state index contributed by atoms with van der Waals surface area (Å²) in [5, 5.41) is 2.91. The fourth-order valence-corrected chi connectivity index (χ4v) is 0.811. The quantitative estimate of drug-likeness (QED) is 0.697. The lowest BCUT2D eigenvalue weighted by Gasteiger charge is -1.97. The molecule has 0 atom stereocenters. The van der Waals surface area contributed by atoms with E-state index in [9.17, 15) is 13.2 Å². The SMILES string of the molecule is CCCc1cc(C(F)(F)F)no1. The van der Waals surface area contributed by atoms with Gasteiger partial charge in [0.2, 0.25) is 0 Å². The van der Waals surface area contributed by atoms with Crippen LogP contribution in [0.15, 0.2) is 10.6 Å². The minimum absolute atomic E-state index is 0.282. The van der Waals surface area contributed by atoms with Crippen LogP contribution in [0.4, 0.5) is 13.2 Å². The molecule has 1 aromatic rings. The lowest BCUT2D eigenvalue weighted by Crippen LogP contribution is -2.04. The Labute approximate surface area is 67.4 Å². The molecule has 0 radical (unpaired) electrons. The summed E-state index contributed by atoms with van der Waals surface area (Å²) in [6.45, 7) is 1.86. The Bertz CT molecular complexity index is 253. The maximum absolute atomic E-state index is 11.9. The molecular formula is C7H8F3NO. The van der Waals surface area contributed by atoms with E-state index in [0.29, 0.717) is 6.42 Å². The molecule has 0 aliphatic carbocycles. The van der Waals surface area contributed by atoms with E-state index in [1.165, 1.54) is 0 Å². The summed E-state index contributed by atoms with van der Waals surface area (Å²) in [6.07, 6.45) is -3.16. The third kappa shape index (κ3) is 1.99. The van der Waals surface area contributed by atoms with Crippen LogP contribution in [0.25, 0.3) is 0 Å². The molecule has 0 amide bonds. The molecular weight excluding hydrogens is 171 g/mol. The second kappa shape index (κ2) is 3.16. The van der Waals surface area contributed by atoms with Crippen LogP contribution in [0.2, 0.25) is 0 Å². The molecule has 0 fully saturated rings. The maximum atomic E-state index is 11.9. The second-order valence-electron chi connectivity index (χ2n) is 2.43. The van der Waals surface area contributed by atoms with Gasteiger partial charge in [0.15, 0.2) is 5.69 Å². The van der Waals surface area contributed by atoms with E-state index in [-0.39, 0.29) is 5.76 Å². The Morgan fingerprint density at radius 2 is 2.17 bits per heavy atom. The zero-order valence-electron chi connectivity index (χ0n) is 6.48. The Morgan fingerprint density at radius 3 is 2.58 bits per heavy atom. The van der Waals surface area contributed by atoms with Crippen LogP contribution in [0.5, 0.6) is 0 Å². The first kappa shape index (κ1) is 9.09. The van der Waals surface area contributed by atoms with E-state index < -0.39 is 11.9 Å². The summed E-state index contributed by atoms with van der Waals surface area (Å²) in [5.41, 5.74) is -0.953. The first-order valence-corrected chi connectivity index (χ1v) is 3.57. The van der Waals surface area contributed by atoms with E-state index in [2.05, 4.69) is 9.68 Å². The van der Waals surface area contributed by atoms with Gasteiger partial charge in [0, 0.05) is 12.5 Å². The fourth-order valence-electron chi connectivity index (χ4n) is 0.811. The Morgan fingerprint density at radius 1 is 1.50 bits per heavy atom. The average molecular weight is 179 g/mol. The molecule has 0 aliphatic rings. The van der Waals surface area contributed by atoms with Crippen LogP contribution < -0.4 is 0 Å². The van der Waals surface area contributed by atoms with Crippen molar-refractivity contribution in [3.63, 3.8) is 0 Å². The normalized spacial score (nSPS) is 12.0. The molecule has 1 rings (SSSR count). The van der Waals surface area contributed by atoms with Crippen LogP contribution in [-0.4, -0.2) is 5.16 Å². The van der Waals surface area contributed by atoms with E-state index in [4.69, 9.17) is 0 Å². The van der Waals surface area contributed by atoms with Gasteiger partial charge in [0.25, 0.3) is 0 Å². The van der Waals surface area contributed by atoms with Gasteiger partial charge in [-0.2, -0.15) is 13.2 Å². The standard InChI is InChI=1S/C7H8F3NO/c1-2-3-5-4-6(11-12-5)7(8,9)10/h4H,2-3H2,1H3. The summed E-state index contributed by atoms with van der Waals surface area (Å²) >= 11 is 0. The molecule has 68 valence electrons. The van der Waals surface area contributed by atoms with Crippen molar-refractivity contribution in [3.8, 4) is 0 Å². The summed E-state index contributed by atoms with van der Waals surface area (Å²) < 4.78 is 40.2. The molecule has 0 aromatic carbocycles. The van der Waals surface area contributed by atoms with Crippen molar-refractivity contribution in [2.24, 2.45) is 0 Å². The zero-order valence-corrected chi connectivity index (χ0v) is 6.48. The third-order valence-corrected chi connectivity index (χ3v) is 1.35. The Kier molecular flexibility index (Phi) is 2.40. The first-order chi connectivity index (χ1) is 5.54. The Balaban J connectivity index is 2.77. The Hall–Kier alpha value is -1.00. The topological polar surface area (TPSA) is 26.0 Å². The van der Waals surface area contributed by atoms with E-state index in [0.717, 1.165) is 12.5 Å². The van der Waals surface area contributed by atoms with Crippen molar-refractivity contribution in [1.29, 1.82) is 0 Å². The van der Waals surface area contributed by atoms with Crippen molar-refractivity contribution in [3.05, 3.63) is 17.5 Å². The molecule has 1 aromatic heterocycles. The molecule has 0 aliphatic heterocycles. The highest BCUT2D eigenvalue weighted by atomic mass is 19.4. The van der Waals surface area contributed by atoms with Crippen LogP contribution in [0.1, 0.15) is 24.8 Å². The number of aromatic nitrogens is 1. The average Bonchev–Trinajstić information content (AvgIpc) is 2.35. The number of halogens is 3. The van der Waals surface area contributed by atoms with Crippen LogP contribution in [0, 0.1) is 0 Å². The summed E-state index contributed by atoms with van der Waals surface area (Å²) in [6, 6.07) is 0.934. The van der Waals surface area contributed by atoms with E-state index >= 15 is 0 Å². The third-order valence-electron chi connectivity index (χ3n) is 1.35. The van der Waals surface area contributed by atoms with Gasteiger partial charge < -0.3 is 4.52 Å². The highest BCUT2D eigenvalue weighted by molar-refractivity contribution is 5.08. The molecule has 0 saturated heterocycles. The molecule has 12 heavy (non-hydrogen) atoms. The summed E-state index contributed by atoms with van der Waals surface area (Å²) in [7, 11) is 0. The van der Waals surface area contributed by atoms with Gasteiger partial charge in [-0.05, 0) is 6.42 Å². The molecule has 0 unspecified atom stereocenters. The smallest absolute Gasteiger partial charge is 0.361 e. The number of hydrogen-bond acceptors (Lipinski definition) is 2. The van der Waals surface area contributed by atoms with Crippen molar-refractivity contribution < 1.29 is 17.7 Å². The highest BCUT2D eigenvalue weighted by Crippen LogP contribution is 2.28. The van der Waals surface area contributed by atoms with Crippen molar-refractivity contribution >= 4 is 0 Å². The molecule has 1 heterocycles. The lowest BCUT2D eigenvalue weighted by molar-refractivity contribution is -0.142. The van der Waals surface area contributed by atoms with E-state index in [1.54, 1.807) is 0 Å². The molecule has 0 bridgehead atoms. The molecule has 2 nitrogen and oxygen atoms in total. The van der Waals surface area contributed by atoms with Gasteiger partial charge in [-0.3, -0.25) is 0 Å². The van der Waals surface area contributed by atoms with Crippen LogP contribution in [-0.2, 0) is 12.6 Å². The molecule has 0 saturated carbocycles. The molecule has 5 heteroatoms. The van der Waals surface area contributed by atoms with Gasteiger partial charge >= 0.3 is 6.18 Å². The minimum Gasteiger partial charge on any atom is -0.361 e. The van der Waals surface area contributed by atoms with Crippen LogP contribution in [0.3, 0.4) is 0 Å². The lowest BCUT2D eigenvalue weighted by atomic mass is 10.2. The van der Waals surface area contributed by atoms with Gasteiger partial charge in [0.1, 0.15) is 5.76 Å². The van der Waals surface area contributed by atoms with Gasteiger partial charge in [-0.15, -0.1) is 0 Å². The number of aryl methyl sites for hydroxylation is 1. The number of alkyl halides is 3. The zero-order chi connectivity index (χ0) is 9.19. The highest BCUT2D eigenvalue weighted by Gasteiger charge is 2.34. The minimum atomic E-state index is -4.39. The summed E-state index contributed by atoms with van der Waals surface area (Å²) in [5.74, 6) is 0.282. The predicted octanol–water partition coefficient (Wildman–Crippen LogP) is 2.65. The molecule has 0 N–H and O–H groups in total. The second-order valence-corrected chi connectivity index (χ2v) is 2.43. The number of rotatable bonds is 2. The number of nitrogens with zero attached hydrogens (tertiary/aromatic N) is 1. The molecule has 0 spiro atoms. The van der Waals surface area contributed by atoms with Crippen molar-refractivity contribution in [2.75, 3.05) is 0 Å². The van der Waals surface area contributed by atoms with Crippen LogP contribution >= 0.6 is 0 Å². The van der Waals surface area contributed by atoms with Crippen molar-refractivity contribution in [2.45, 2.75) is 25.9 Å². The first-order valence-electron chi connectivity index (χ1n) is 3.57. The van der Waals surface area contributed by atoms with Gasteiger partial charge in [0.05, 0.1) is 0 Å². The predicted molar refractivity (Wildman–Crippen MR) is 35.5 cm³/mol. The van der Waals surface area contributed by atoms with E-state index in [1.807, 2.05) is 6.92 Å². The van der Waals surface area contributed by atoms with Gasteiger partial charge in [-0.25, -0.2) is 0 Å². The van der Waals surface area contributed by atoms with Crippen molar-refractivity contribution in [1.82, 2.24) is 5.16 Å². The largest absolute Gasteiger partial charge is 0.436 e.